The fourth-order valence-electron chi connectivity index (χ4n) is 3.27. The van der Waals surface area contributed by atoms with Crippen LogP contribution in [0.1, 0.15) is 19.3 Å². The smallest absolute Gasteiger partial charge is 0.260 e. The van der Waals surface area contributed by atoms with Crippen LogP contribution in [0.4, 0.5) is 0 Å². The number of rotatable bonds is 4. The Bertz CT molecular complexity index is 538. The second kappa shape index (κ2) is 6.76. The third-order valence-electron chi connectivity index (χ3n) is 4.71. The first kappa shape index (κ1) is 16.1. The highest BCUT2D eigenvalue weighted by Gasteiger charge is 2.46. The van der Waals surface area contributed by atoms with Gasteiger partial charge in [0.1, 0.15) is 17.6 Å². The van der Waals surface area contributed by atoms with E-state index < -0.39 is 11.7 Å². The van der Waals surface area contributed by atoms with E-state index in [-0.39, 0.29) is 12.5 Å². The Morgan fingerprint density at radius 2 is 2.09 bits per heavy atom. The van der Waals surface area contributed by atoms with Gasteiger partial charge in [0.15, 0.2) is 6.61 Å². The van der Waals surface area contributed by atoms with E-state index in [1.807, 2.05) is 0 Å². The zero-order valence-electron chi connectivity index (χ0n) is 13.4. The van der Waals surface area contributed by atoms with Crippen LogP contribution < -0.4 is 9.47 Å². The van der Waals surface area contributed by atoms with Gasteiger partial charge in [0.25, 0.3) is 5.91 Å². The van der Waals surface area contributed by atoms with Gasteiger partial charge >= 0.3 is 0 Å². The molecule has 6 nitrogen and oxygen atoms in total. The Morgan fingerprint density at radius 3 is 2.70 bits per heavy atom. The molecule has 0 radical (unpaired) electrons. The van der Waals surface area contributed by atoms with Crippen molar-refractivity contribution >= 4 is 5.91 Å². The number of carbonyl (C=O) groups is 1. The number of β-amino-alcohol motifs (C(OH)–C–C–N with tert-alkyl or cyclic N) is 1. The lowest BCUT2D eigenvalue weighted by molar-refractivity contribution is -0.154. The first-order valence-electron chi connectivity index (χ1n) is 8.00. The van der Waals surface area contributed by atoms with Crippen LogP contribution in [0, 0.1) is 0 Å². The van der Waals surface area contributed by atoms with E-state index in [9.17, 15) is 9.90 Å². The molecule has 6 heteroatoms. The quantitative estimate of drug-likeness (QED) is 0.903. The van der Waals surface area contributed by atoms with Gasteiger partial charge in [-0.15, -0.1) is 0 Å². The zero-order chi connectivity index (χ0) is 16.3. The molecular formula is C17H23NO5. The molecule has 1 spiro atoms. The highest BCUT2D eigenvalue weighted by Crippen LogP contribution is 2.35. The number of aliphatic hydroxyl groups is 1. The number of nitrogens with zero attached hydrogens (tertiary/aromatic N) is 1. The molecule has 23 heavy (non-hydrogen) atoms. The van der Waals surface area contributed by atoms with Crippen molar-refractivity contribution in [1.29, 1.82) is 0 Å². The Labute approximate surface area is 135 Å². The summed E-state index contributed by atoms with van der Waals surface area (Å²) in [6.07, 6.45) is 1.91. The summed E-state index contributed by atoms with van der Waals surface area (Å²) >= 11 is 0. The number of hydrogen-bond donors (Lipinski definition) is 1. The molecule has 1 N–H and O–H groups in total. The van der Waals surface area contributed by atoms with Crippen molar-refractivity contribution in [2.75, 3.05) is 33.4 Å². The van der Waals surface area contributed by atoms with Crippen molar-refractivity contribution < 1.29 is 24.1 Å². The molecule has 126 valence electrons. The van der Waals surface area contributed by atoms with Crippen LogP contribution in [0.25, 0.3) is 0 Å². The van der Waals surface area contributed by atoms with Gasteiger partial charge in [0.2, 0.25) is 0 Å². The van der Waals surface area contributed by atoms with Crippen LogP contribution in [0.2, 0.25) is 0 Å². The van der Waals surface area contributed by atoms with Gasteiger partial charge in [-0.2, -0.15) is 0 Å². The summed E-state index contributed by atoms with van der Waals surface area (Å²) in [6, 6.07) is 7.09. The lowest BCUT2D eigenvalue weighted by Gasteiger charge is -2.42. The van der Waals surface area contributed by atoms with E-state index in [0.717, 1.165) is 18.6 Å². The number of aliphatic hydroxyl groups excluding tert-OH is 1. The first-order valence-corrected chi connectivity index (χ1v) is 8.00. The Kier molecular flexibility index (Phi) is 4.73. The normalized spacial score (nSPS) is 27.2. The molecule has 0 saturated carbocycles. The zero-order valence-corrected chi connectivity index (χ0v) is 13.4. The fourth-order valence-corrected chi connectivity index (χ4v) is 3.27. The van der Waals surface area contributed by atoms with Gasteiger partial charge in [0, 0.05) is 19.7 Å². The summed E-state index contributed by atoms with van der Waals surface area (Å²) < 4.78 is 16.3. The third-order valence-corrected chi connectivity index (χ3v) is 4.71. The molecule has 2 aliphatic rings. The predicted octanol–water partition coefficient (Wildman–Crippen LogP) is 1.22. The molecule has 2 atom stereocenters. The number of likely N-dealkylation sites (tertiary alicyclic amines) is 1. The number of methoxy groups -OCH3 is 1. The van der Waals surface area contributed by atoms with Crippen molar-refractivity contribution in [2.24, 2.45) is 0 Å². The lowest BCUT2D eigenvalue weighted by atomic mass is 9.86. The number of hydrogen-bond acceptors (Lipinski definition) is 5. The largest absolute Gasteiger partial charge is 0.497 e. The Hall–Kier alpha value is -1.79. The van der Waals surface area contributed by atoms with E-state index in [1.165, 1.54) is 0 Å². The first-order chi connectivity index (χ1) is 11.1. The topological polar surface area (TPSA) is 68.2 Å². The summed E-state index contributed by atoms with van der Waals surface area (Å²) in [5, 5.41) is 10.3. The maximum Gasteiger partial charge on any atom is 0.260 e. The number of ether oxygens (including phenoxy) is 3. The average molecular weight is 321 g/mol. The van der Waals surface area contributed by atoms with Gasteiger partial charge in [-0.3, -0.25) is 4.79 Å². The van der Waals surface area contributed by atoms with Crippen molar-refractivity contribution in [3.05, 3.63) is 24.3 Å². The molecular weight excluding hydrogens is 298 g/mol. The van der Waals surface area contributed by atoms with Crippen molar-refractivity contribution in [3.8, 4) is 11.5 Å². The van der Waals surface area contributed by atoms with E-state index in [1.54, 1.807) is 36.3 Å². The van der Waals surface area contributed by atoms with Crippen molar-refractivity contribution in [1.82, 2.24) is 4.90 Å². The molecule has 0 aromatic heterocycles. The minimum absolute atomic E-state index is 0.0348. The number of carbonyl (C=O) groups excluding carboxylic acids is 1. The molecule has 2 aliphatic heterocycles. The maximum atomic E-state index is 12.3. The van der Waals surface area contributed by atoms with Crippen molar-refractivity contribution in [2.45, 2.75) is 31.0 Å². The summed E-state index contributed by atoms with van der Waals surface area (Å²) in [5.41, 5.74) is -0.437. The predicted molar refractivity (Wildman–Crippen MR) is 83.6 cm³/mol. The molecule has 1 amide bonds. The molecule has 1 aromatic carbocycles. The third kappa shape index (κ3) is 3.43. The van der Waals surface area contributed by atoms with Gasteiger partial charge < -0.3 is 24.2 Å². The van der Waals surface area contributed by atoms with Gasteiger partial charge in [-0.1, -0.05) is 0 Å². The average Bonchev–Trinajstić information content (AvgIpc) is 3.05. The van der Waals surface area contributed by atoms with Crippen molar-refractivity contribution in [3.63, 3.8) is 0 Å². The molecule has 3 rings (SSSR count). The minimum atomic E-state index is -0.622. The standard InChI is InChI=1S/C17H23NO5/c1-21-13-3-5-14(6-4-13)22-12-16(20)18-9-8-17(15(19)11-18)7-2-10-23-17/h3-6,15,19H,2,7-12H2,1H3/t15-,17-/m0/s1. The van der Waals surface area contributed by atoms with Crippen LogP contribution in [-0.4, -0.2) is 61.0 Å². The minimum Gasteiger partial charge on any atom is -0.497 e. The Morgan fingerprint density at radius 1 is 1.35 bits per heavy atom. The van der Waals surface area contributed by atoms with E-state index in [2.05, 4.69) is 0 Å². The Balaban J connectivity index is 1.50. The number of piperidine rings is 1. The molecule has 0 unspecified atom stereocenters. The van der Waals surface area contributed by atoms with Crippen LogP contribution in [0.15, 0.2) is 24.3 Å². The highest BCUT2D eigenvalue weighted by molar-refractivity contribution is 5.78. The van der Waals surface area contributed by atoms with Gasteiger partial charge in [0.05, 0.1) is 12.7 Å². The van der Waals surface area contributed by atoms with Crippen LogP contribution >= 0.6 is 0 Å². The second-order valence-electron chi connectivity index (χ2n) is 6.09. The molecule has 0 aliphatic carbocycles. The lowest BCUT2D eigenvalue weighted by Crippen LogP contribution is -2.57. The molecule has 1 aromatic rings. The number of amides is 1. The maximum absolute atomic E-state index is 12.3. The number of benzene rings is 1. The SMILES string of the molecule is COc1ccc(OCC(=O)N2CC[C@@]3(CCCO3)[C@@H](O)C2)cc1. The van der Waals surface area contributed by atoms with Crippen LogP contribution in [0.3, 0.4) is 0 Å². The molecule has 0 bridgehead atoms. The summed E-state index contributed by atoms with van der Waals surface area (Å²) in [7, 11) is 1.60. The van der Waals surface area contributed by atoms with Gasteiger partial charge in [-0.25, -0.2) is 0 Å². The van der Waals surface area contributed by atoms with Gasteiger partial charge in [-0.05, 0) is 43.5 Å². The molecule has 2 heterocycles. The molecule has 2 saturated heterocycles. The second-order valence-corrected chi connectivity index (χ2v) is 6.09. The van der Waals surface area contributed by atoms with E-state index in [0.29, 0.717) is 31.9 Å². The highest BCUT2D eigenvalue weighted by atomic mass is 16.5. The monoisotopic (exact) mass is 321 g/mol. The van der Waals surface area contributed by atoms with E-state index >= 15 is 0 Å². The van der Waals surface area contributed by atoms with E-state index in [4.69, 9.17) is 14.2 Å². The van der Waals surface area contributed by atoms with Crippen LogP contribution in [-0.2, 0) is 9.53 Å². The fraction of sp³-hybridized carbons (Fsp3) is 0.588. The molecule has 2 fully saturated rings. The summed E-state index contributed by atoms with van der Waals surface area (Å²) in [4.78, 5) is 13.9. The summed E-state index contributed by atoms with van der Waals surface area (Å²) in [5.74, 6) is 1.24. The van der Waals surface area contributed by atoms with Crippen LogP contribution in [0.5, 0.6) is 11.5 Å². The summed E-state index contributed by atoms with van der Waals surface area (Å²) in [6.45, 7) is 1.57.